The molecular formula is C7H10F2O3. The highest BCUT2D eigenvalue weighted by molar-refractivity contribution is 5.77. The molecule has 0 radical (unpaired) electrons. The number of halogens is 2. The Hall–Kier alpha value is -0.710. The van der Waals surface area contributed by atoms with E-state index in [0.29, 0.717) is 12.8 Å². The summed E-state index contributed by atoms with van der Waals surface area (Å²) in [6, 6.07) is 0. The standard InChI is InChI=1S/C7H10F2O3/c8-7(9,5(10)11)6(12)3-1-2-4-6/h12H,1-4H2,(H,10,11). The van der Waals surface area contributed by atoms with Crippen LogP contribution in [0.1, 0.15) is 25.7 Å². The van der Waals surface area contributed by atoms with Crippen molar-refractivity contribution in [2.45, 2.75) is 37.2 Å². The Bertz CT molecular complexity index is 197. The highest BCUT2D eigenvalue weighted by atomic mass is 19.3. The molecule has 1 aliphatic rings. The SMILES string of the molecule is O=C(O)C(F)(F)C1(O)CCCC1. The first-order valence-electron chi connectivity index (χ1n) is 3.74. The van der Waals surface area contributed by atoms with E-state index in [2.05, 4.69) is 0 Å². The van der Waals surface area contributed by atoms with Gasteiger partial charge in [0.25, 0.3) is 0 Å². The number of carboxylic acids is 1. The Balaban J connectivity index is 2.85. The van der Waals surface area contributed by atoms with Crippen LogP contribution >= 0.6 is 0 Å². The molecular weight excluding hydrogens is 170 g/mol. The largest absolute Gasteiger partial charge is 0.477 e. The Morgan fingerprint density at radius 2 is 1.75 bits per heavy atom. The van der Waals surface area contributed by atoms with Gasteiger partial charge in [-0.3, -0.25) is 0 Å². The molecule has 1 fully saturated rings. The fourth-order valence-electron chi connectivity index (χ4n) is 1.47. The maximum atomic E-state index is 12.8. The lowest BCUT2D eigenvalue weighted by Crippen LogP contribution is -2.51. The van der Waals surface area contributed by atoms with E-state index in [-0.39, 0.29) is 12.8 Å². The summed E-state index contributed by atoms with van der Waals surface area (Å²) in [5.41, 5.74) is -2.32. The van der Waals surface area contributed by atoms with Gasteiger partial charge in [0.2, 0.25) is 0 Å². The van der Waals surface area contributed by atoms with Gasteiger partial charge in [0.05, 0.1) is 0 Å². The summed E-state index contributed by atoms with van der Waals surface area (Å²) < 4.78 is 25.6. The van der Waals surface area contributed by atoms with Gasteiger partial charge in [0.1, 0.15) is 5.60 Å². The highest BCUT2D eigenvalue weighted by Crippen LogP contribution is 2.41. The molecule has 0 heterocycles. The lowest BCUT2D eigenvalue weighted by Gasteiger charge is -2.28. The molecule has 0 spiro atoms. The van der Waals surface area contributed by atoms with Crippen molar-refractivity contribution in [3.63, 3.8) is 0 Å². The summed E-state index contributed by atoms with van der Waals surface area (Å²) in [5.74, 6) is -6.25. The van der Waals surface area contributed by atoms with Crippen molar-refractivity contribution in [3.05, 3.63) is 0 Å². The van der Waals surface area contributed by atoms with Gasteiger partial charge >= 0.3 is 11.9 Å². The van der Waals surface area contributed by atoms with Crippen LogP contribution in [0.5, 0.6) is 0 Å². The normalized spacial score (nSPS) is 22.6. The zero-order valence-corrected chi connectivity index (χ0v) is 6.39. The maximum Gasteiger partial charge on any atom is 0.377 e. The molecule has 0 bridgehead atoms. The summed E-state index contributed by atoms with van der Waals surface area (Å²) >= 11 is 0. The smallest absolute Gasteiger partial charge is 0.377 e. The van der Waals surface area contributed by atoms with Gasteiger partial charge in [0, 0.05) is 0 Å². The van der Waals surface area contributed by atoms with E-state index in [1.54, 1.807) is 0 Å². The Kier molecular flexibility index (Phi) is 2.07. The van der Waals surface area contributed by atoms with Crippen LogP contribution in [0.25, 0.3) is 0 Å². The van der Waals surface area contributed by atoms with E-state index in [9.17, 15) is 18.7 Å². The van der Waals surface area contributed by atoms with Gasteiger partial charge in [-0.15, -0.1) is 0 Å². The number of hydrogen-bond acceptors (Lipinski definition) is 2. The first kappa shape index (κ1) is 9.38. The van der Waals surface area contributed by atoms with E-state index in [1.165, 1.54) is 0 Å². The van der Waals surface area contributed by atoms with Crippen molar-refractivity contribution in [2.75, 3.05) is 0 Å². The van der Waals surface area contributed by atoms with Crippen LogP contribution in [0.2, 0.25) is 0 Å². The minimum Gasteiger partial charge on any atom is -0.477 e. The fraction of sp³-hybridized carbons (Fsp3) is 0.857. The molecule has 0 aromatic rings. The van der Waals surface area contributed by atoms with Crippen LogP contribution in [-0.2, 0) is 4.79 Å². The van der Waals surface area contributed by atoms with Crippen molar-refractivity contribution in [1.82, 2.24) is 0 Å². The lowest BCUT2D eigenvalue weighted by atomic mass is 9.94. The van der Waals surface area contributed by atoms with Crippen LogP contribution in [-0.4, -0.2) is 27.7 Å². The second-order valence-corrected chi connectivity index (χ2v) is 3.12. The molecule has 12 heavy (non-hydrogen) atoms. The molecule has 1 aliphatic carbocycles. The second kappa shape index (κ2) is 2.65. The molecule has 0 aromatic carbocycles. The van der Waals surface area contributed by atoms with Crippen LogP contribution < -0.4 is 0 Å². The van der Waals surface area contributed by atoms with E-state index >= 15 is 0 Å². The molecule has 70 valence electrons. The number of carboxylic acid groups (broad SMARTS) is 1. The van der Waals surface area contributed by atoms with Crippen molar-refractivity contribution >= 4 is 5.97 Å². The van der Waals surface area contributed by atoms with Gasteiger partial charge in [-0.05, 0) is 12.8 Å². The highest BCUT2D eigenvalue weighted by Gasteiger charge is 2.59. The number of aliphatic carboxylic acids is 1. The lowest BCUT2D eigenvalue weighted by molar-refractivity contribution is -0.206. The molecule has 0 atom stereocenters. The third-order valence-corrected chi connectivity index (χ3v) is 2.28. The second-order valence-electron chi connectivity index (χ2n) is 3.12. The van der Waals surface area contributed by atoms with E-state index < -0.39 is 17.5 Å². The van der Waals surface area contributed by atoms with Gasteiger partial charge in [-0.25, -0.2) is 4.79 Å². The van der Waals surface area contributed by atoms with Crippen LogP contribution in [0.3, 0.4) is 0 Å². The van der Waals surface area contributed by atoms with Crippen LogP contribution in [0.4, 0.5) is 8.78 Å². The third-order valence-electron chi connectivity index (χ3n) is 2.28. The van der Waals surface area contributed by atoms with E-state index in [1.807, 2.05) is 0 Å². The topological polar surface area (TPSA) is 57.5 Å². The number of hydrogen-bond donors (Lipinski definition) is 2. The zero-order valence-electron chi connectivity index (χ0n) is 6.39. The van der Waals surface area contributed by atoms with Gasteiger partial charge in [-0.2, -0.15) is 8.78 Å². The summed E-state index contributed by atoms with van der Waals surface area (Å²) in [5, 5.41) is 17.4. The average molecular weight is 180 g/mol. The molecule has 0 unspecified atom stereocenters. The zero-order chi connectivity index (χ0) is 9.41. The summed E-state index contributed by atoms with van der Waals surface area (Å²) in [6.45, 7) is 0. The molecule has 0 amide bonds. The van der Waals surface area contributed by atoms with Crippen LogP contribution in [0.15, 0.2) is 0 Å². The van der Waals surface area contributed by atoms with Gasteiger partial charge in [0.15, 0.2) is 0 Å². The Labute approximate surface area is 68.0 Å². The molecule has 3 nitrogen and oxygen atoms in total. The fourth-order valence-corrected chi connectivity index (χ4v) is 1.47. The molecule has 0 saturated heterocycles. The summed E-state index contributed by atoms with van der Waals surface area (Å²) in [7, 11) is 0. The Morgan fingerprint density at radius 1 is 1.33 bits per heavy atom. The van der Waals surface area contributed by atoms with Gasteiger partial charge in [-0.1, -0.05) is 12.8 Å². The van der Waals surface area contributed by atoms with Crippen molar-refractivity contribution in [3.8, 4) is 0 Å². The quantitative estimate of drug-likeness (QED) is 0.666. The average Bonchev–Trinajstić information content (AvgIpc) is 2.37. The monoisotopic (exact) mass is 180 g/mol. The molecule has 1 saturated carbocycles. The minimum absolute atomic E-state index is 0.133. The number of alkyl halides is 2. The molecule has 5 heteroatoms. The first-order valence-corrected chi connectivity index (χ1v) is 3.74. The Morgan fingerprint density at radius 3 is 2.08 bits per heavy atom. The van der Waals surface area contributed by atoms with Crippen LogP contribution in [0, 0.1) is 0 Å². The van der Waals surface area contributed by atoms with Crippen molar-refractivity contribution < 1.29 is 23.8 Å². The third kappa shape index (κ3) is 1.18. The maximum absolute atomic E-state index is 12.8. The first-order chi connectivity index (χ1) is 5.40. The minimum atomic E-state index is -4.01. The van der Waals surface area contributed by atoms with E-state index in [0.717, 1.165) is 0 Å². The number of rotatable bonds is 2. The predicted molar refractivity (Wildman–Crippen MR) is 36.0 cm³/mol. The van der Waals surface area contributed by atoms with Crippen molar-refractivity contribution in [1.29, 1.82) is 0 Å². The molecule has 2 N–H and O–H groups in total. The molecule has 1 rings (SSSR count). The summed E-state index contributed by atoms with van der Waals surface area (Å²) in [6.07, 6.45) is 0.650. The number of aliphatic hydroxyl groups is 1. The van der Waals surface area contributed by atoms with Gasteiger partial charge < -0.3 is 10.2 Å². The number of carbonyl (C=O) groups is 1. The van der Waals surface area contributed by atoms with E-state index in [4.69, 9.17) is 5.11 Å². The summed E-state index contributed by atoms with van der Waals surface area (Å²) in [4.78, 5) is 10.1. The molecule has 0 aliphatic heterocycles. The van der Waals surface area contributed by atoms with Crippen molar-refractivity contribution in [2.24, 2.45) is 0 Å². The molecule has 0 aromatic heterocycles. The predicted octanol–water partition coefficient (Wildman–Crippen LogP) is 1.01.